The van der Waals surface area contributed by atoms with Gasteiger partial charge in [-0.2, -0.15) is 0 Å². The minimum atomic E-state index is -0.725. The largest absolute Gasteiger partial charge is 0.492 e. The standard InChI is InChI=1S/C22H27NO5/c1-5-26-20-9-7-6-8-19(20)23-21(24)17-10-12-18(13-11-17)28-16(4)22(25)27-14-15(2)3/h6-13,15-16H,5,14H2,1-4H3,(H,23,24)/t16-/m0/s1. The second-order valence-corrected chi connectivity index (χ2v) is 6.69. The number of ether oxygens (including phenoxy) is 3. The van der Waals surface area contributed by atoms with Gasteiger partial charge in [0.25, 0.3) is 5.91 Å². The first kappa shape index (κ1) is 21.3. The molecule has 0 unspecified atom stereocenters. The first-order valence-electron chi connectivity index (χ1n) is 9.37. The summed E-state index contributed by atoms with van der Waals surface area (Å²) in [4.78, 5) is 24.4. The van der Waals surface area contributed by atoms with E-state index in [4.69, 9.17) is 14.2 Å². The fraction of sp³-hybridized carbons (Fsp3) is 0.364. The van der Waals surface area contributed by atoms with E-state index in [0.29, 0.717) is 36.0 Å². The van der Waals surface area contributed by atoms with Crippen LogP contribution in [0.1, 0.15) is 38.1 Å². The van der Waals surface area contributed by atoms with Gasteiger partial charge in [0.1, 0.15) is 11.5 Å². The molecule has 6 heteroatoms. The van der Waals surface area contributed by atoms with Crippen molar-refractivity contribution in [3.8, 4) is 11.5 Å². The maximum atomic E-state index is 12.5. The van der Waals surface area contributed by atoms with E-state index in [2.05, 4.69) is 5.32 Å². The molecule has 6 nitrogen and oxygen atoms in total. The van der Waals surface area contributed by atoms with Crippen LogP contribution in [0.25, 0.3) is 0 Å². The van der Waals surface area contributed by atoms with Crippen molar-refractivity contribution in [1.82, 2.24) is 0 Å². The molecule has 0 saturated heterocycles. The second kappa shape index (κ2) is 10.3. The number of para-hydroxylation sites is 2. The van der Waals surface area contributed by atoms with Crippen LogP contribution in [0, 0.1) is 5.92 Å². The van der Waals surface area contributed by atoms with E-state index in [9.17, 15) is 9.59 Å². The number of esters is 1. The zero-order valence-corrected chi connectivity index (χ0v) is 16.7. The van der Waals surface area contributed by atoms with Crippen molar-refractivity contribution >= 4 is 17.6 Å². The highest BCUT2D eigenvalue weighted by atomic mass is 16.6. The van der Waals surface area contributed by atoms with E-state index in [1.54, 1.807) is 43.3 Å². The number of carbonyl (C=O) groups is 2. The van der Waals surface area contributed by atoms with Crippen LogP contribution < -0.4 is 14.8 Å². The van der Waals surface area contributed by atoms with Crippen LogP contribution in [-0.2, 0) is 9.53 Å². The number of nitrogens with one attached hydrogen (secondary N) is 1. The van der Waals surface area contributed by atoms with E-state index >= 15 is 0 Å². The third kappa shape index (κ3) is 6.30. The monoisotopic (exact) mass is 385 g/mol. The lowest BCUT2D eigenvalue weighted by atomic mass is 10.2. The number of carbonyl (C=O) groups excluding carboxylic acids is 2. The van der Waals surface area contributed by atoms with Crippen molar-refractivity contribution in [3.63, 3.8) is 0 Å². The van der Waals surface area contributed by atoms with Crippen molar-refractivity contribution in [2.24, 2.45) is 5.92 Å². The average Bonchev–Trinajstić information content (AvgIpc) is 2.68. The second-order valence-electron chi connectivity index (χ2n) is 6.69. The average molecular weight is 385 g/mol. The molecule has 0 radical (unpaired) electrons. The molecule has 150 valence electrons. The fourth-order valence-electron chi connectivity index (χ4n) is 2.35. The fourth-order valence-corrected chi connectivity index (χ4v) is 2.35. The number of hydrogen-bond donors (Lipinski definition) is 1. The van der Waals surface area contributed by atoms with Crippen molar-refractivity contribution < 1.29 is 23.8 Å². The van der Waals surface area contributed by atoms with Crippen LogP contribution in [-0.4, -0.2) is 31.2 Å². The molecular weight excluding hydrogens is 358 g/mol. The molecule has 0 aliphatic rings. The van der Waals surface area contributed by atoms with Gasteiger partial charge in [0.15, 0.2) is 6.10 Å². The molecule has 0 aliphatic heterocycles. The number of rotatable bonds is 9. The highest BCUT2D eigenvalue weighted by Gasteiger charge is 2.17. The summed E-state index contributed by atoms with van der Waals surface area (Å²) in [6, 6.07) is 13.8. The van der Waals surface area contributed by atoms with Gasteiger partial charge in [-0.05, 0) is 56.2 Å². The molecule has 28 heavy (non-hydrogen) atoms. The molecule has 1 amide bonds. The van der Waals surface area contributed by atoms with Gasteiger partial charge in [-0.25, -0.2) is 4.79 Å². The number of anilines is 1. The van der Waals surface area contributed by atoms with E-state index in [1.807, 2.05) is 32.9 Å². The van der Waals surface area contributed by atoms with Gasteiger partial charge in [0.05, 0.1) is 18.9 Å². The van der Waals surface area contributed by atoms with Gasteiger partial charge in [0.2, 0.25) is 0 Å². The number of amides is 1. The topological polar surface area (TPSA) is 73.9 Å². The molecule has 1 atom stereocenters. The summed E-state index contributed by atoms with van der Waals surface area (Å²) in [6.07, 6.45) is -0.725. The Morgan fingerprint density at radius 3 is 2.32 bits per heavy atom. The predicted molar refractivity (Wildman–Crippen MR) is 108 cm³/mol. The van der Waals surface area contributed by atoms with Crippen LogP contribution in [0.15, 0.2) is 48.5 Å². The summed E-state index contributed by atoms with van der Waals surface area (Å²) in [5.74, 6) is 0.695. The van der Waals surface area contributed by atoms with Gasteiger partial charge in [0, 0.05) is 5.56 Å². The third-order valence-corrected chi connectivity index (χ3v) is 3.76. The Bertz CT molecular complexity index is 786. The van der Waals surface area contributed by atoms with Gasteiger partial charge in [-0.3, -0.25) is 4.79 Å². The first-order valence-corrected chi connectivity index (χ1v) is 9.37. The Kier molecular flexibility index (Phi) is 7.87. The van der Waals surface area contributed by atoms with Crippen LogP contribution in [0.3, 0.4) is 0 Å². The molecule has 2 aromatic rings. The maximum absolute atomic E-state index is 12.5. The summed E-state index contributed by atoms with van der Waals surface area (Å²) < 4.78 is 16.3. The molecule has 0 spiro atoms. The Balaban J connectivity index is 1.96. The maximum Gasteiger partial charge on any atom is 0.347 e. The summed E-state index contributed by atoms with van der Waals surface area (Å²) >= 11 is 0. The van der Waals surface area contributed by atoms with Crippen LogP contribution in [0.4, 0.5) is 5.69 Å². The smallest absolute Gasteiger partial charge is 0.347 e. The van der Waals surface area contributed by atoms with E-state index < -0.39 is 12.1 Å². The molecule has 0 heterocycles. The van der Waals surface area contributed by atoms with Crippen molar-refractivity contribution in [2.75, 3.05) is 18.5 Å². The molecule has 1 N–H and O–H groups in total. The Morgan fingerprint density at radius 2 is 1.68 bits per heavy atom. The number of benzene rings is 2. The quantitative estimate of drug-likeness (QED) is 0.651. The van der Waals surface area contributed by atoms with E-state index in [-0.39, 0.29) is 11.8 Å². The predicted octanol–water partition coefficient (Wildman–Crippen LogP) is 4.30. The number of hydrogen-bond acceptors (Lipinski definition) is 5. The van der Waals surface area contributed by atoms with E-state index in [1.165, 1.54) is 0 Å². The van der Waals surface area contributed by atoms with Gasteiger partial charge in [-0.1, -0.05) is 26.0 Å². The normalized spacial score (nSPS) is 11.6. The third-order valence-electron chi connectivity index (χ3n) is 3.76. The summed E-state index contributed by atoms with van der Waals surface area (Å²) in [6.45, 7) is 8.32. The Labute approximate surface area is 165 Å². The van der Waals surface area contributed by atoms with Crippen LogP contribution in [0.5, 0.6) is 11.5 Å². The zero-order chi connectivity index (χ0) is 20.5. The molecule has 0 aliphatic carbocycles. The highest BCUT2D eigenvalue weighted by molar-refractivity contribution is 6.05. The van der Waals surface area contributed by atoms with Crippen LogP contribution >= 0.6 is 0 Å². The Morgan fingerprint density at radius 1 is 1.00 bits per heavy atom. The van der Waals surface area contributed by atoms with Crippen molar-refractivity contribution in [2.45, 2.75) is 33.8 Å². The highest BCUT2D eigenvalue weighted by Crippen LogP contribution is 2.24. The Hall–Kier alpha value is -3.02. The lowest BCUT2D eigenvalue weighted by molar-refractivity contribution is -0.152. The minimum absolute atomic E-state index is 0.261. The van der Waals surface area contributed by atoms with E-state index in [0.717, 1.165) is 0 Å². The molecule has 0 bridgehead atoms. The SMILES string of the molecule is CCOc1ccccc1NC(=O)c1ccc(O[C@@H](C)C(=O)OCC(C)C)cc1. The summed E-state index contributed by atoms with van der Waals surface area (Å²) in [5, 5.41) is 2.84. The van der Waals surface area contributed by atoms with Crippen LogP contribution in [0.2, 0.25) is 0 Å². The molecule has 2 rings (SSSR count). The molecule has 0 aromatic heterocycles. The first-order chi connectivity index (χ1) is 13.4. The molecular formula is C22H27NO5. The lowest BCUT2D eigenvalue weighted by Crippen LogP contribution is -2.27. The van der Waals surface area contributed by atoms with Gasteiger partial charge < -0.3 is 19.5 Å². The summed E-state index contributed by atoms with van der Waals surface area (Å²) in [7, 11) is 0. The molecule has 0 saturated carbocycles. The van der Waals surface area contributed by atoms with Gasteiger partial charge in [-0.15, -0.1) is 0 Å². The zero-order valence-electron chi connectivity index (χ0n) is 16.7. The van der Waals surface area contributed by atoms with Crippen molar-refractivity contribution in [3.05, 3.63) is 54.1 Å². The lowest BCUT2D eigenvalue weighted by Gasteiger charge is -2.15. The molecule has 2 aromatic carbocycles. The molecule has 0 fully saturated rings. The summed E-state index contributed by atoms with van der Waals surface area (Å²) in [5.41, 5.74) is 1.07. The van der Waals surface area contributed by atoms with Crippen molar-refractivity contribution in [1.29, 1.82) is 0 Å². The minimum Gasteiger partial charge on any atom is -0.492 e. The van der Waals surface area contributed by atoms with Gasteiger partial charge >= 0.3 is 5.97 Å².